The van der Waals surface area contributed by atoms with Gasteiger partial charge in [0.05, 0.1) is 6.10 Å². The number of ether oxygens (including phenoxy) is 1. The summed E-state index contributed by atoms with van der Waals surface area (Å²) in [6.07, 6.45) is 1.14. The van der Waals surface area contributed by atoms with Gasteiger partial charge in [-0.3, -0.25) is 0 Å². The van der Waals surface area contributed by atoms with Crippen LogP contribution in [0.1, 0.15) is 18.6 Å². The van der Waals surface area contributed by atoms with Crippen molar-refractivity contribution in [2.45, 2.75) is 17.9 Å². The van der Waals surface area contributed by atoms with E-state index in [0.717, 1.165) is 4.90 Å². The van der Waals surface area contributed by atoms with Gasteiger partial charge in [0.15, 0.2) is 11.6 Å². The second kappa shape index (κ2) is 6.08. The standard InChI is InChI=1S/C15H15FO2S/c1-10(17)11-6-5-7-12(16)15(11)18-13-8-3-4-9-14(13)19-2/h3-10,17H,1-2H3. The number of benzene rings is 2. The number of aliphatic hydroxyl groups excluding tert-OH is 1. The van der Waals surface area contributed by atoms with Crippen LogP contribution in [0.3, 0.4) is 0 Å². The first-order valence-electron chi connectivity index (χ1n) is 5.91. The summed E-state index contributed by atoms with van der Waals surface area (Å²) in [6.45, 7) is 1.59. The minimum absolute atomic E-state index is 0.0824. The highest BCUT2D eigenvalue weighted by Gasteiger charge is 2.15. The Morgan fingerprint density at radius 1 is 1.16 bits per heavy atom. The summed E-state index contributed by atoms with van der Waals surface area (Å²) in [6, 6.07) is 12.0. The Morgan fingerprint density at radius 2 is 1.89 bits per heavy atom. The lowest BCUT2D eigenvalue weighted by atomic mass is 10.1. The Bertz CT molecular complexity index is 570. The predicted molar refractivity (Wildman–Crippen MR) is 75.3 cm³/mol. The van der Waals surface area contributed by atoms with Crippen molar-refractivity contribution in [3.63, 3.8) is 0 Å². The Labute approximate surface area is 116 Å². The molecule has 0 amide bonds. The van der Waals surface area contributed by atoms with Crippen LogP contribution >= 0.6 is 11.8 Å². The lowest BCUT2D eigenvalue weighted by Gasteiger charge is -2.15. The van der Waals surface area contributed by atoms with Gasteiger partial charge in [-0.05, 0) is 31.4 Å². The van der Waals surface area contributed by atoms with Gasteiger partial charge < -0.3 is 9.84 Å². The van der Waals surface area contributed by atoms with Crippen LogP contribution in [0.25, 0.3) is 0 Å². The van der Waals surface area contributed by atoms with Gasteiger partial charge in [0.1, 0.15) is 5.75 Å². The molecule has 0 saturated carbocycles. The number of para-hydroxylation sites is 2. The zero-order chi connectivity index (χ0) is 13.8. The molecule has 0 fully saturated rings. The van der Waals surface area contributed by atoms with Gasteiger partial charge in [0, 0.05) is 10.5 Å². The van der Waals surface area contributed by atoms with E-state index in [1.54, 1.807) is 25.1 Å². The second-order valence-corrected chi connectivity index (χ2v) is 4.94. The largest absolute Gasteiger partial charge is 0.453 e. The highest BCUT2D eigenvalue weighted by atomic mass is 32.2. The zero-order valence-corrected chi connectivity index (χ0v) is 11.6. The van der Waals surface area contributed by atoms with Gasteiger partial charge in [-0.15, -0.1) is 11.8 Å². The normalized spacial score (nSPS) is 12.2. The van der Waals surface area contributed by atoms with Crippen LogP contribution in [0, 0.1) is 5.82 Å². The maximum Gasteiger partial charge on any atom is 0.168 e. The van der Waals surface area contributed by atoms with Gasteiger partial charge in [-0.25, -0.2) is 4.39 Å². The number of aliphatic hydroxyl groups is 1. The summed E-state index contributed by atoms with van der Waals surface area (Å²) in [5.74, 6) is 0.190. The van der Waals surface area contributed by atoms with Gasteiger partial charge in [0.25, 0.3) is 0 Å². The number of thioether (sulfide) groups is 1. The Hall–Kier alpha value is -1.52. The summed E-state index contributed by atoms with van der Waals surface area (Å²) in [4.78, 5) is 0.919. The van der Waals surface area contributed by atoms with Crippen LogP contribution in [0.2, 0.25) is 0 Å². The molecular weight excluding hydrogens is 263 g/mol. The van der Waals surface area contributed by atoms with Crippen molar-refractivity contribution in [2.75, 3.05) is 6.26 Å². The van der Waals surface area contributed by atoms with E-state index in [1.165, 1.54) is 17.8 Å². The van der Waals surface area contributed by atoms with Crippen LogP contribution in [-0.4, -0.2) is 11.4 Å². The molecular formula is C15H15FO2S. The van der Waals surface area contributed by atoms with Crippen LogP contribution in [0.15, 0.2) is 47.4 Å². The molecule has 0 bridgehead atoms. The molecule has 2 rings (SSSR count). The smallest absolute Gasteiger partial charge is 0.168 e. The lowest BCUT2D eigenvalue weighted by Crippen LogP contribution is -1.99. The summed E-state index contributed by atoms with van der Waals surface area (Å²) in [7, 11) is 0. The molecule has 0 heterocycles. The monoisotopic (exact) mass is 278 g/mol. The molecule has 0 saturated heterocycles. The van der Waals surface area contributed by atoms with Gasteiger partial charge in [0.2, 0.25) is 0 Å². The highest BCUT2D eigenvalue weighted by Crippen LogP contribution is 2.36. The summed E-state index contributed by atoms with van der Waals surface area (Å²) < 4.78 is 19.6. The Morgan fingerprint density at radius 3 is 2.58 bits per heavy atom. The van der Waals surface area contributed by atoms with Crippen LogP contribution in [0.4, 0.5) is 4.39 Å². The third kappa shape index (κ3) is 3.08. The molecule has 1 N–H and O–H groups in total. The van der Waals surface area contributed by atoms with Crippen molar-refractivity contribution >= 4 is 11.8 Å². The molecule has 0 aliphatic rings. The minimum Gasteiger partial charge on any atom is -0.453 e. The summed E-state index contributed by atoms with van der Waals surface area (Å²) in [5, 5.41) is 9.68. The molecule has 2 nitrogen and oxygen atoms in total. The summed E-state index contributed by atoms with van der Waals surface area (Å²) in [5.41, 5.74) is 0.441. The molecule has 1 unspecified atom stereocenters. The molecule has 0 radical (unpaired) electrons. The number of rotatable bonds is 4. The number of halogens is 1. The zero-order valence-electron chi connectivity index (χ0n) is 10.8. The predicted octanol–water partition coefficient (Wildman–Crippen LogP) is 4.39. The van der Waals surface area contributed by atoms with Crippen molar-refractivity contribution in [3.8, 4) is 11.5 Å². The molecule has 0 aliphatic heterocycles. The van der Waals surface area contributed by atoms with E-state index in [0.29, 0.717) is 11.3 Å². The first kappa shape index (κ1) is 13.9. The van der Waals surface area contributed by atoms with E-state index in [1.807, 2.05) is 24.5 Å². The highest BCUT2D eigenvalue weighted by molar-refractivity contribution is 7.98. The third-order valence-electron chi connectivity index (χ3n) is 2.73. The minimum atomic E-state index is -0.785. The van der Waals surface area contributed by atoms with E-state index < -0.39 is 11.9 Å². The lowest BCUT2D eigenvalue weighted by molar-refractivity contribution is 0.194. The van der Waals surface area contributed by atoms with Crippen molar-refractivity contribution in [1.29, 1.82) is 0 Å². The molecule has 2 aromatic rings. The van der Waals surface area contributed by atoms with Crippen LogP contribution in [-0.2, 0) is 0 Å². The van der Waals surface area contributed by atoms with Gasteiger partial charge in [-0.1, -0.05) is 24.3 Å². The van der Waals surface area contributed by atoms with Crippen molar-refractivity contribution in [1.82, 2.24) is 0 Å². The van der Waals surface area contributed by atoms with Crippen LogP contribution in [0.5, 0.6) is 11.5 Å². The van der Waals surface area contributed by atoms with E-state index >= 15 is 0 Å². The SMILES string of the molecule is CSc1ccccc1Oc1c(F)cccc1C(C)O. The molecule has 0 spiro atoms. The van der Waals surface area contributed by atoms with E-state index in [2.05, 4.69) is 0 Å². The maximum absolute atomic E-state index is 13.9. The summed E-state index contributed by atoms with van der Waals surface area (Å²) >= 11 is 1.52. The average Bonchev–Trinajstić information content (AvgIpc) is 2.41. The fourth-order valence-electron chi connectivity index (χ4n) is 1.78. The molecule has 19 heavy (non-hydrogen) atoms. The Balaban J connectivity index is 2.43. The van der Waals surface area contributed by atoms with Crippen molar-refractivity contribution in [3.05, 3.63) is 53.8 Å². The van der Waals surface area contributed by atoms with Gasteiger partial charge in [-0.2, -0.15) is 0 Å². The third-order valence-corrected chi connectivity index (χ3v) is 3.51. The fraction of sp³-hybridized carbons (Fsp3) is 0.200. The van der Waals surface area contributed by atoms with Gasteiger partial charge >= 0.3 is 0 Å². The molecule has 2 aromatic carbocycles. The first-order chi connectivity index (χ1) is 9.13. The first-order valence-corrected chi connectivity index (χ1v) is 7.13. The molecule has 0 aliphatic carbocycles. The molecule has 100 valence electrons. The topological polar surface area (TPSA) is 29.5 Å². The molecule has 4 heteroatoms. The van der Waals surface area contributed by atoms with E-state index in [-0.39, 0.29) is 5.75 Å². The molecule has 1 atom stereocenters. The second-order valence-electron chi connectivity index (χ2n) is 4.09. The van der Waals surface area contributed by atoms with Crippen molar-refractivity contribution < 1.29 is 14.2 Å². The fourth-order valence-corrected chi connectivity index (χ4v) is 2.30. The molecule has 0 aromatic heterocycles. The number of hydrogen-bond acceptors (Lipinski definition) is 3. The quantitative estimate of drug-likeness (QED) is 0.841. The average molecular weight is 278 g/mol. The van der Waals surface area contributed by atoms with Crippen molar-refractivity contribution in [2.24, 2.45) is 0 Å². The van der Waals surface area contributed by atoms with Crippen LogP contribution < -0.4 is 4.74 Å². The maximum atomic E-state index is 13.9. The van der Waals surface area contributed by atoms with E-state index in [4.69, 9.17) is 4.74 Å². The van der Waals surface area contributed by atoms with E-state index in [9.17, 15) is 9.50 Å². The number of hydrogen-bond donors (Lipinski definition) is 1. The Kier molecular flexibility index (Phi) is 4.45.